The number of rotatable bonds is 3. The van der Waals surface area contributed by atoms with E-state index < -0.39 is 0 Å². The molecule has 5 nitrogen and oxygen atoms in total. The number of nitrogens with zero attached hydrogens (tertiary/aromatic N) is 1. The van der Waals surface area contributed by atoms with Crippen molar-refractivity contribution in [3.63, 3.8) is 0 Å². The van der Waals surface area contributed by atoms with Gasteiger partial charge in [0.05, 0.1) is 18.9 Å². The van der Waals surface area contributed by atoms with E-state index in [1.54, 1.807) is 6.92 Å². The largest absolute Gasteiger partial charge is 0.461 e. The van der Waals surface area contributed by atoms with E-state index in [1.165, 1.54) is 0 Å². The number of pyridine rings is 1. The van der Waals surface area contributed by atoms with Crippen molar-refractivity contribution >= 4 is 5.97 Å². The van der Waals surface area contributed by atoms with E-state index in [0.717, 1.165) is 24.3 Å². The van der Waals surface area contributed by atoms with Crippen LogP contribution in [0.2, 0.25) is 0 Å². The minimum absolute atomic E-state index is 0.0903. The standard InChI is InChI=1S/C13H18N2O3/c1-3-17-13(16)12-9(2)4-5-10(15-12)11-8-14-6-7-18-11/h4-5,11,14H,3,6-8H2,1-2H3. The highest BCUT2D eigenvalue weighted by Crippen LogP contribution is 2.18. The number of hydrogen-bond donors (Lipinski definition) is 1. The number of ether oxygens (including phenoxy) is 2. The third-order valence-corrected chi connectivity index (χ3v) is 2.84. The van der Waals surface area contributed by atoms with E-state index in [2.05, 4.69) is 10.3 Å². The molecule has 0 aromatic carbocycles. The van der Waals surface area contributed by atoms with Gasteiger partial charge in [0.15, 0.2) is 5.69 Å². The lowest BCUT2D eigenvalue weighted by molar-refractivity contribution is 0.0246. The fourth-order valence-corrected chi connectivity index (χ4v) is 1.88. The van der Waals surface area contributed by atoms with Gasteiger partial charge in [0.1, 0.15) is 6.10 Å². The van der Waals surface area contributed by atoms with Gasteiger partial charge in [-0.3, -0.25) is 0 Å². The second-order valence-electron chi connectivity index (χ2n) is 4.19. The van der Waals surface area contributed by atoms with E-state index in [1.807, 2.05) is 19.1 Å². The van der Waals surface area contributed by atoms with Crippen molar-refractivity contribution in [2.24, 2.45) is 0 Å². The molecular weight excluding hydrogens is 232 g/mol. The molecule has 0 saturated carbocycles. The molecule has 1 atom stereocenters. The first-order valence-electron chi connectivity index (χ1n) is 6.19. The number of aryl methyl sites for hydroxylation is 1. The number of carbonyl (C=O) groups excluding carboxylic acids is 1. The number of carbonyl (C=O) groups is 1. The van der Waals surface area contributed by atoms with Crippen LogP contribution in [-0.4, -0.2) is 37.3 Å². The quantitative estimate of drug-likeness (QED) is 0.817. The first kappa shape index (κ1) is 13.0. The molecule has 1 aromatic heterocycles. The maximum absolute atomic E-state index is 11.8. The van der Waals surface area contributed by atoms with Crippen LogP contribution < -0.4 is 5.32 Å². The van der Waals surface area contributed by atoms with Gasteiger partial charge in [-0.2, -0.15) is 0 Å². The van der Waals surface area contributed by atoms with Gasteiger partial charge in [0, 0.05) is 13.1 Å². The van der Waals surface area contributed by atoms with E-state index in [-0.39, 0.29) is 12.1 Å². The predicted octanol–water partition coefficient (Wildman–Crippen LogP) is 1.23. The van der Waals surface area contributed by atoms with Crippen molar-refractivity contribution in [1.29, 1.82) is 0 Å². The van der Waals surface area contributed by atoms with Crippen LogP contribution in [-0.2, 0) is 9.47 Å². The highest BCUT2D eigenvalue weighted by Gasteiger charge is 2.20. The van der Waals surface area contributed by atoms with Crippen molar-refractivity contribution in [2.45, 2.75) is 20.0 Å². The Morgan fingerprint density at radius 1 is 1.61 bits per heavy atom. The lowest BCUT2D eigenvalue weighted by atomic mass is 10.1. The van der Waals surface area contributed by atoms with Gasteiger partial charge < -0.3 is 14.8 Å². The number of esters is 1. The molecule has 0 aliphatic carbocycles. The first-order valence-corrected chi connectivity index (χ1v) is 6.19. The summed E-state index contributed by atoms with van der Waals surface area (Å²) in [5.74, 6) is -0.374. The normalized spacial score (nSPS) is 19.6. The number of aromatic nitrogens is 1. The Hall–Kier alpha value is -1.46. The van der Waals surface area contributed by atoms with Crippen molar-refractivity contribution in [2.75, 3.05) is 26.3 Å². The molecule has 2 rings (SSSR count). The van der Waals surface area contributed by atoms with Crippen LogP contribution >= 0.6 is 0 Å². The van der Waals surface area contributed by atoms with Crippen LogP contribution in [0.1, 0.15) is 34.8 Å². The SMILES string of the molecule is CCOC(=O)c1nc(C2CNCCO2)ccc1C. The molecule has 98 valence electrons. The Balaban J connectivity index is 2.22. The van der Waals surface area contributed by atoms with Crippen LogP contribution in [0, 0.1) is 6.92 Å². The second-order valence-corrected chi connectivity index (χ2v) is 4.19. The summed E-state index contributed by atoms with van der Waals surface area (Å²) >= 11 is 0. The Kier molecular flexibility index (Phi) is 4.28. The van der Waals surface area contributed by atoms with Crippen LogP contribution in [0.3, 0.4) is 0 Å². The zero-order chi connectivity index (χ0) is 13.0. The van der Waals surface area contributed by atoms with Gasteiger partial charge in [0.25, 0.3) is 0 Å². The molecule has 1 N–H and O–H groups in total. The van der Waals surface area contributed by atoms with E-state index >= 15 is 0 Å². The molecular formula is C13H18N2O3. The van der Waals surface area contributed by atoms with Crippen molar-refractivity contribution in [1.82, 2.24) is 10.3 Å². The Morgan fingerprint density at radius 3 is 3.11 bits per heavy atom. The summed E-state index contributed by atoms with van der Waals surface area (Å²) in [4.78, 5) is 16.1. The first-order chi connectivity index (χ1) is 8.72. The minimum atomic E-state index is -0.374. The zero-order valence-electron chi connectivity index (χ0n) is 10.7. The van der Waals surface area contributed by atoms with E-state index in [0.29, 0.717) is 18.9 Å². The Morgan fingerprint density at radius 2 is 2.44 bits per heavy atom. The van der Waals surface area contributed by atoms with Crippen LogP contribution in [0.4, 0.5) is 0 Å². The van der Waals surface area contributed by atoms with E-state index in [9.17, 15) is 4.79 Å². The third-order valence-electron chi connectivity index (χ3n) is 2.84. The van der Waals surface area contributed by atoms with Crippen molar-refractivity contribution in [3.05, 3.63) is 29.1 Å². The fourth-order valence-electron chi connectivity index (χ4n) is 1.88. The molecule has 1 aliphatic rings. The van der Waals surface area contributed by atoms with Gasteiger partial charge in [-0.1, -0.05) is 6.07 Å². The number of morpholine rings is 1. The summed E-state index contributed by atoms with van der Waals surface area (Å²) in [6, 6.07) is 3.78. The summed E-state index contributed by atoms with van der Waals surface area (Å²) < 4.78 is 10.6. The van der Waals surface area contributed by atoms with Crippen molar-refractivity contribution in [3.8, 4) is 0 Å². The highest BCUT2D eigenvalue weighted by atomic mass is 16.5. The minimum Gasteiger partial charge on any atom is -0.461 e. The average Bonchev–Trinajstić information content (AvgIpc) is 2.40. The molecule has 1 aromatic rings. The molecule has 1 fully saturated rings. The molecule has 0 radical (unpaired) electrons. The molecule has 1 unspecified atom stereocenters. The van der Waals surface area contributed by atoms with Crippen LogP contribution in [0.25, 0.3) is 0 Å². The molecule has 0 spiro atoms. The lowest BCUT2D eigenvalue weighted by Gasteiger charge is -2.23. The van der Waals surface area contributed by atoms with E-state index in [4.69, 9.17) is 9.47 Å². The maximum Gasteiger partial charge on any atom is 0.357 e. The van der Waals surface area contributed by atoms with Gasteiger partial charge in [0.2, 0.25) is 0 Å². The summed E-state index contributed by atoms with van der Waals surface area (Å²) in [6.07, 6.45) is -0.0903. The van der Waals surface area contributed by atoms with Crippen LogP contribution in [0.15, 0.2) is 12.1 Å². The summed E-state index contributed by atoms with van der Waals surface area (Å²) in [6.45, 7) is 6.22. The monoisotopic (exact) mass is 250 g/mol. The van der Waals surface area contributed by atoms with Crippen LogP contribution in [0.5, 0.6) is 0 Å². The molecule has 18 heavy (non-hydrogen) atoms. The predicted molar refractivity (Wildman–Crippen MR) is 66.5 cm³/mol. The molecule has 0 amide bonds. The topological polar surface area (TPSA) is 60.5 Å². The van der Waals surface area contributed by atoms with Gasteiger partial charge in [-0.25, -0.2) is 9.78 Å². The van der Waals surface area contributed by atoms with Gasteiger partial charge in [-0.05, 0) is 25.5 Å². The summed E-state index contributed by atoms with van der Waals surface area (Å²) in [5, 5.41) is 3.24. The molecule has 0 bridgehead atoms. The fraction of sp³-hybridized carbons (Fsp3) is 0.538. The Bertz CT molecular complexity index is 428. The molecule has 1 saturated heterocycles. The average molecular weight is 250 g/mol. The number of hydrogen-bond acceptors (Lipinski definition) is 5. The molecule has 2 heterocycles. The van der Waals surface area contributed by atoms with Crippen molar-refractivity contribution < 1.29 is 14.3 Å². The van der Waals surface area contributed by atoms with Gasteiger partial charge >= 0.3 is 5.97 Å². The smallest absolute Gasteiger partial charge is 0.357 e. The zero-order valence-corrected chi connectivity index (χ0v) is 10.7. The molecule has 5 heteroatoms. The third kappa shape index (κ3) is 2.86. The highest BCUT2D eigenvalue weighted by molar-refractivity contribution is 5.88. The van der Waals surface area contributed by atoms with Gasteiger partial charge in [-0.15, -0.1) is 0 Å². The molecule has 1 aliphatic heterocycles. The number of nitrogens with one attached hydrogen (secondary N) is 1. The lowest BCUT2D eigenvalue weighted by Crippen LogP contribution is -2.34. The maximum atomic E-state index is 11.8. The Labute approximate surface area is 107 Å². The summed E-state index contributed by atoms with van der Waals surface area (Å²) in [5.41, 5.74) is 1.97. The summed E-state index contributed by atoms with van der Waals surface area (Å²) in [7, 11) is 0. The second kappa shape index (κ2) is 5.93.